The molecule has 0 aromatic heterocycles. The zero-order chi connectivity index (χ0) is 14.1. The fourth-order valence-corrected chi connectivity index (χ4v) is 5.18. The van der Waals surface area contributed by atoms with Crippen LogP contribution in [0.25, 0.3) is 0 Å². The van der Waals surface area contributed by atoms with E-state index in [1.165, 1.54) is 0 Å². The molecule has 4 atom stereocenters. The maximum atomic E-state index is 12.4. The lowest BCUT2D eigenvalue weighted by molar-refractivity contribution is -0.139. The average molecular weight is 268 g/mol. The van der Waals surface area contributed by atoms with Gasteiger partial charge < -0.3 is 14.9 Å². The second-order valence-corrected chi connectivity index (χ2v) is 7.51. The van der Waals surface area contributed by atoms with Crippen molar-refractivity contribution in [3.63, 3.8) is 0 Å². The monoisotopic (exact) mass is 268 g/mol. The Bertz CT molecular complexity index is 432. The maximum Gasteiger partial charge on any atom is 0.181 e. The van der Waals surface area contributed by atoms with Crippen LogP contribution < -0.4 is 0 Å². The fourth-order valence-electron chi connectivity index (χ4n) is 5.18. The molecule has 4 unspecified atom stereocenters. The van der Waals surface area contributed by atoms with Gasteiger partial charge in [-0.15, -0.1) is 0 Å². The normalized spacial score (nSPS) is 51.4. The van der Waals surface area contributed by atoms with E-state index in [1.54, 1.807) is 0 Å². The first-order valence-corrected chi connectivity index (χ1v) is 7.25. The van der Waals surface area contributed by atoms with Crippen LogP contribution in [0.15, 0.2) is 0 Å². The Morgan fingerprint density at radius 2 is 1.89 bits per heavy atom. The standard InChI is InChI=1S/C15H24O4/c1-12(2)5-4-6-13(3)10(12)7-11(18)14(8-16)15(13,9-17)19-14/h10,16-17H,4-9H2,1-3H3. The number of hydrogen-bond donors (Lipinski definition) is 2. The zero-order valence-corrected chi connectivity index (χ0v) is 12.0. The summed E-state index contributed by atoms with van der Waals surface area (Å²) < 4.78 is 5.78. The van der Waals surface area contributed by atoms with Gasteiger partial charge in [0.05, 0.1) is 13.2 Å². The smallest absolute Gasteiger partial charge is 0.181 e. The highest BCUT2D eigenvalue weighted by Crippen LogP contribution is 2.71. The van der Waals surface area contributed by atoms with Gasteiger partial charge in [-0.25, -0.2) is 0 Å². The first-order chi connectivity index (χ1) is 8.80. The number of ether oxygens (including phenoxy) is 1. The van der Waals surface area contributed by atoms with Gasteiger partial charge in [-0.2, -0.15) is 0 Å². The lowest BCUT2D eigenvalue weighted by Crippen LogP contribution is -2.61. The number of aliphatic hydroxyl groups excluding tert-OH is 2. The van der Waals surface area contributed by atoms with Crippen molar-refractivity contribution in [1.29, 1.82) is 0 Å². The lowest BCUT2D eigenvalue weighted by atomic mass is 9.46. The molecule has 0 bridgehead atoms. The summed E-state index contributed by atoms with van der Waals surface area (Å²) in [5, 5.41) is 19.5. The summed E-state index contributed by atoms with van der Waals surface area (Å²) in [5.41, 5.74) is -2.12. The van der Waals surface area contributed by atoms with Gasteiger partial charge in [-0.3, -0.25) is 4.79 Å². The van der Waals surface area contributed by atoms with Crippen molar-refractivity contribution in [3.8, 4) is 0 Å². The van der Waals surface area contributed by atoms with Gasteiger partial charge in [0.15, 0.2) is 11.4 Å². The molecule has 3 fully saturated rings. The Kier molecular flexibility index (Phi) is 2.56. The van der Waals surface area contributed by atoms with E-state index >= 15 is 0 Å². The molecule has 0 aromatic carbocycles. The van der Waals surface area contributed by atoms with E-state index in [1.807, 2.05) is 0 Å². The lowest BCUT2D eigenvalue weighted by Gasteiger charge is -2.55. The Hall–Kier alpha value is -0.450. The van der Waals surface area contributed by atoms with Gasteiger partial charge in [-0.05, 0) is 24.2 Å². The van der Waals surface area contributed by atoms with E-state index < -0.39 is 11.2 Å². The van der Waals surface area contributed by atoms with Crippen LogP contribution in [0.1, 0.15) is 46.5 Å². The molecule has 2 aliphatic carbocycles. The third-order valence-corrected chi connectivity index (χ3v) is 6.40. The van der Waals surface area contributed by atoms with Gasteiger partial charge in [0.2, 0.25) is 0 Å². The van der Waals surface area contributed by atoms with Crippen LogP contribution in [0.2, 0.25) is 0 Å². The average Bonchev–Trinajstić information content (AvgIpc) is 3.05. The highest BCUT2D eigenvalue weighted by Gasteiger charge is 2.84. The molecule has 4 heteroatoms. The van der Waals surface area contributed by atoms with E-state index in [0.717, 1.165) is 19.3 Å². The Balaban J connectivity index is 2.10. The number of epoxide rings is 1. The minimum absolute atomic E-state index is 0.0264. The van der Waals surface area contributed by atoms with Crippen LogP contribution in [-0.4, -0.2) is 40.4 Å². The van der Waals surface area contributed by atoms with Crippen LogP contribution in [0, 0.1) is 16.7 Å². The van der Waals surface area contributed by atoms with Gasteiger partial charge in [-0.1, -0.05) is 27.2 Å². The van der Waals surface area contributed by atoms with Crippen molar-refractivity contribution in [3.05, 3.63) is 0 Å². The van der Waals surface area contributed by atoms with E-state index in [-0.39, 0.29) is 35.7 Å². The van der Waals surface area contributed by atoms with Crippen LogP contribution >= 0.6 is 0 Å². The highest BCUT2D eigenvalue weighted by molar-refractivity contribution is 5.94. The summed E-state index contributed by atoms with van der Waals surface area (Å²) in [6, 6.07) is 0. The summed E-state index contributed by atoms with van der Waals surface area (Å²) in [6.45, 7) is 6.07. The molecule has 0 aromatic rings. The number of Topliss-reactive ketones (excluding diaryl/α,β-unsaturated/α-hetero) is 1. The molecule has 19 heavy (non-hydrogen) atoms. The third-order valence-electron chi connectivity index (χ3n) is 6.40. The highest BCUT2D eigenvalue weighted by atomic mass is 16.7. The largest absolute Gasteiger partial charge is 0.393 e. The topological polar surface area (TPSA) is 70.1 Å². The predicted molar refractivity (Wildman–Crippen MR) is 69.6 cm³/mol. The number of hydrogen-bond acceptors (Lipinski definition) is 4. The van der Waals surface area contributed by atoms with E-state index in [2.05, 4.69) is 20.8 Å². The SMILES string of the molecule is CC1(C)CCCC2(C)C1CC(=O)C1(CO)OC12CO. The van der Waals surface area contributed by atoms with E-state index in [9.17, 15) is 15.0 Å². The Morgan fingerprint density at radius 1 is 1.21 bits per heavy atom. The number of carbonyl (C=O) groups excluding carboxylic acids is 1. The first kappa shape index (κ1) is 13.5. The van der Waals surface area contributed by atoms with Crippen molar-refractivity contribution in [2.24, 2.45) is 16.7 Å². The summed E-state index contributed by atoms with van der Waals surface area (Å²) in [4.78, 5) is 12.4. The molecule has 3 aliphatic rings. The minimum atomic E-state index is -1.12. The minimum Gasteiger partial charge on any atom is -0.393 e. The molecule has 0 radical (unpaired) electrons. The second kappa shape index (κ2) is 3.60. The maximum absolute atomic E-state index is 12.4. The zero-order valence-electron chi connectivity index (χ0n) is 12.0. The van der Waals surface area contributed by atoms with Crippen molar-refractivity contribution >= 4 is 5.78 Å². The van der Waals surface area contributed by atoms with E-state index in [0.29, 0.717) is 6.42 Å². The predicted octanol–water partition coefficient (Wildman–Crippen LogP) is 1.28. The molecule has 2 N–H and O–H groups in total. The van der Waals surface area contributed by atoms with Gasteiger partial charge in [0.1, 0.15) is 5.60 Å². The number of carbonyl (C=O) groups is 1. The summed E-state index contributed by atoms with van der Waals surface area (Å²) in [5.74, 6) is 0.192. The van der Waals surface area contributed by atoms with Crippen LogP contribution in [-0.2, 0) is 9.53 Å². The molecule has 0 amide bonds. The molecular formula is C15H24O4. The van der Waals surface area contributed by atoms with Crippen LogP contribution in [0.4, 0.5) is 0 Å². The number of ketones is 1. The molecular weight excluding hydrogens is 244 g/mol. The molecule has 1 aliphatic heterocycles. The Morgan fingerprint density at radius 3 is 2.47 bits per heavy atom. The number of rotatable bonds is 2. The van der Waals surface area contributed by atoms with Gasteiger partial charge in [0.25, 0.3) is 0 Å². The molecule has 108 valence electrons. The summed E-state index contributed by atoms with van der Waals surface area (Å²) in [6.07, 6.45) is 3.61. The summed E-state index contributed by atoms with van der Waals surface area (Å²) >= 11 is 0. The van der Waals surface area contributed by atoms with Crippen molar-refractivity contribution in [2.45, 2.75) is 57.7 Å². The van der Waals surface area contributed by atoms with Gasteiger partial charge in [0, 0.05) is 11.8 Å². The van der Waals surface area contributed by atoms with Crippen molar-refractivity contribution in [2.75, 3.05) is 13.2 Å². The molecule has 3 rings (SSSR count). The molecule has 0 spiro atoms. The molecule has 2 saturated carbocycles. The van der Waals surface area contributed by atoms with Crippen molar-refractivity contribution < 1.29 is 19.7 Å². The fraction of sp³-hybridized carbons (Fsp3) is 0.933. The quantitative estimate of drug-likeness (QED) is 0.740. The first-order valence-electron chi connectivity index (χ1n) is 7.25. The number of fused-ring (bicyclic) bond motifs is 3. The van der Waals surface area contributed by atoms with Crippen molar-refractivity contribution in [1.82, 2.24) is 0 Å². The summed E-state index contributed by atoms with van der Waals surface area (Å²) in [7, 11) is 0. The van der Waals surface area contributed by atoms with Crippen LogP contribution in [0.5, 0.6) is 0 Å². The van der Waals surface area contributed by atoms with Gasteiger partial charge >= 0.3 is 0 Å². The molecule has 4 nitrogen and oxygen atoms in total. The van der Waals surface area contributed by atoms with Crippen LogP contribution in [0.3, 0.4) is 0 Å². The third kappa shape index (κ3) is 1.28. The van der Waals surface area contributed by atoms with E-state index in [4.69, 9.17) is 4.74 Å². The molecule has 1 heterocycles. The number of aliphatic hydroxyl groups is 2. The molecule has 1 saturated heterocycles. The Labute approximate surface area is 114 Å². The second-order valence-electron chi connectivity index (χ2n) is 7.51.